The summed E-state index contributed by atoms with van der Waals surface area (Å²) in [5.74, 6) is 1.26. The van der Waals surface area contributed by atoms with Gasteiger partial charge in [0.05, 0.1) is 5.84 Å². The fraction of sp³-hybridized carbons (Fsp3) is 0.833. The van der Waals surface area contributed by atoms with Crippen molar-refractivity contribution in [2.24, 2.45) is 16.6 Å². The van der Waals surface area contributed by atoms with Gasteiger partial charge in [-0.15, -0.1) is 0 Å². The molecule has 0 bridgehead atoms. The maximum Gasteiger partial charge on any atom is 0.222 e. The average Bonchev–Trinajstić information content (AvgIpc) is 2.68. The number of rotatable bonds is 5. The quantitative estimate of drug-likeness (QED) is 0.549. The maximum absolute atomic E-state index is 11.3. The highest BCUT2D eigenvalue weighted by molar-refractivity contribution is 5.83. The Balaban J connectivity index is 2.22. The Bertz CT molecular complexity index is 255. The van der Waals surface area contributed by atoms with E-state index in [1.54, 1.807) is 0 Å². The Morgan fingerprint density at radius 2 is 2.06 bits per heavy atom. The summed E-state index contributed by atoms with van der Waals surface area (Å²) < 4.78 is 0. The predicted molar refractivity (Wildman–Crippen MR) is 66.3 cm³/mol. The molecule has 16 heavy (non-hydrogen) atoms. The normalized spacial score (nSPS) is 18.1. The van der Waals surface area contributed by atoms with Crippen molar-refractivity contribution in [1.82, 2.24) is 5.32 Å². The lowest BCUT2D eigenvalue weighted by Crippen LogP contribution is -2.30. The second kappa shape index (κ2) is 6.51. The molecule has 92 valence electrons. The highest BCUT2D eigenvalue weighted by atomic mass is 16.1. The van der Waals surface area contributed by atoms with Gasteiger partial charge >= 0.3 is 0 Å². The number of nitrogens with two attached hydrogens (primary N) is 1. The number of aliphatic imine (C=N–C) groups is 1. The SMILES string of the molecule is CC(C)NC(=O)CCN=C(N)C1CCCC1. The summed E-state index contributed by atoms with van der Waals surface area (Å²) in [5, 5.41) is 2.84. The molecule has 0 radical (unpaired) electrons. The van der Waals surface area contributed by atoms with Gasteiger partial charge in [-0.25, -0.2) is 0 Å². The molecule has 1 aliphatic carbocycles. The first-order valence-corrected chi connectivity index (χ1v) is 6.18. The van der Waals surface area contributed by atoms with Crippen LogP contribution in [-0.2, 0) is 4.79 Å². The lowest BCUT2D eigenvalue weighted by atomic mass is 10.1. The van der Waals surface area contributed by atoms with Crippen LogP contribution in [0.3, 0.4) is 0 Å². The molecule has 4 nitrogen and oxygen atoms in total. The largest absolute Gasteiger partial charge is 0.387 e. The van der Waals surface area contributed by atoms with Gasteiger partial charge in [-0.3, -0.25) is 9.79 Å². The van der Waals surface area contributed by atoms with Crippen molar-refractivity contribution < 1.29 is 4.79 Å². The molecular formula is C12H23N3O. The van der Waals surface area contributed by atoms with Crippen LogP contribution in [0.15, 0.2) is 4.99 Å². The van der Waals surface area contributed by atoms with Crippen LogP contribution in [0.2, 0.25) is 0 Å². The van der Waals surface area contributed by atoms with Crippen molar-refractivity contribution in [2.75, 3.05) is 6.54 Å². The molecule has 0 aliphatic heterocycles. The van der Waals surface area contributed by atoms with Crippen LogP contribution in [-0.4, -0.2) is 24.3 Å². The van der Waals surface area contributed by atoms with Crippen molar-refractivity contribution in [1.29, 1.82) is 0 Å². The van der Waals surface area contributed by atoms with E-state index in [-0.39, 0.29) is 11.9 Å². The third-order valence-electron chi connectivity index (χ3n) is 2.86. The molecule has 0 saturated heterocycles. The average molecular weight is 225 g/mol. The van der Waals surface area contributed by atoms with E-state index in [9.17, 15) is 4.79 Å². The van der Waals surface area contributed by atoms with E-state index in [0.717, 1.165) is 18.7 Å². The number of carbonyl (C=O) groups is 1. The summed E-state index contributed by atoms with van der Waals surface area (Å²) in [6, 6.07) is 0.198. The Morgan fingerprint density at radius 3 is 2.62 bits per heavy atom. The molecule has 4 heteroatoms. The van der Waals surface area contributed by atoms with Gasteiger partial charge in [0, 0.05) is 24.9 Å². The molecule has 1 saturated carbocycles. The first-order chi connectivity index (χ1) is 7.59. The first-order valence-electron chi connectivity index (χ1n) is 6.18. The van der Waals surface area contributed by atoms with Gasteiger partial charge in [0.1, 0.15) is 0 Å². The van der Waals surface area contributed by atoms with Gasteiger partial charge in [0.25, 0.3) is 0 Å². The number of hydrogen-bond donors (Lipinski definition) is 2. The maximum atomic E-state index is 11.3. The van der Waals surface area contributed by atoms with E-state index in [1.165, 1.54) is 12.8 Å². The standard InChI is InChI=1S/C12H23N3O/c1-9(2)15-11(16)7-8-14-12(13)10-5-3-4-6-10/h9-10H,3-8H2,1-2H3,(H2,13,14)(H,15,16). The zero-order valence-corrected chi connectivity index (χ0v) is 10.3. The number of hydrogen-bond acceptors (Lipinski definition) is 2. The van der Waals surface area contributed by atoms with Crippen LogP contribution in [0.25, 0.3) is 0 Å². The van der Waals surface area contributed by atoms with Crippen LogP contribution in [0, 0.1) is 5.92 Å². The highest BCUT2D eigenvalue weighted by Crippen LogP contribution is 2.24. The molecular weight excluding hydrogens is 202 g/mol. The lowest BCUT2D eigenvalue weighted by Gasteiger charge is -2.09. The van der Waals surface area contributed by atoms with Gasteiger partial charge in [0.2, 0.25) is 5.91 Å². The molecule has 0 aromatic heterocycles. The molecule has 3 N–H and O–H groups in total. The van der Waals surface area contributed by atoms with Crippen LogP contribution in [0.5, 0.6) is 0 Å². The third kappa shape index (κ3) is 4.64. The monoisotopic (exact) mass is 225 g/mol. The molecule has 1 rings (SSSR count). The molecule has 0 aromatic carbocycles. The third-order valence-corrected chi connectivity index (χ3v) is 2.86. The summed E-state index contributed by atoms with van der Waals surface area (Å²) in [5.41, 5.74) is 5.88. The second-order valence-electron chi connectivity index (χ2n) is 4.76. The molecule has 0 unspecified atom stereocenters. The Kier molecular flexibility index (Phi) is 5.29. The molecule has 0 spiro atoms. The van der Waals surface area contributed by atoms with E-state index in [1.807, 2.05) is 13.8 Å². The van der Waals surface area contributed by atoms with Crippen LogP contribution >= 0.6 is 0 Å². The number of nitrogens with one attached hydrogen (secondary N) is 1. The van der Waals surface area contributed by atoms with E-state index in [0.29, 0.717) is 18.9 Å². The smallest absolute Gasteiger partial charge is 0.222 e. The summed E-state index contributed by atoms with van der Waals surface area (Å²) in [4.78, 5) is 15.6. The number of amidine groups is 1. The van der Waals surface area contributed by atoms with Crippen molar-refractivity contribution in [3.05, 3.63) is 0 Å². The van der Waals surface area contributed by atoms with E-state index < -0.39 is 0 Å². The highest BCUT2D eigenvalue weighted by Gasteiger charge is 2.18. The summed E-state index contributed by atoms with van der Waals surface area (Å²) in [6.07, 6.45) is 5.27. The summed E-state index contributed by atoms with van der Waals surface area (Å²) in [6.45, 7) is 4.42. The Morgan fingerprint density at radius 1 is 1.44 bits per heavy atom. The van der Waals surface area contributed by atoms with E-state index in [4.69, 9.17) is 5.73 Å². The van der Waals surface area contributed by atoms with Crippen LogP contribution in [0.1, 0.15) is 46.0 Å². The number of carbonyl (C=O) groups excluding carboxylic acids is 1. The van der Waals surface area contributed by atoms with Crippen LogP contribution in [0.4, 0.5) is 0 Å². The number of amides is 1. The molecule has 1 fully saturated rings. The lowest BCUT2D eigenvalue weighted by molar-refractivity contribution is -0.121. The Labute approximate surface area is 97.7 Å². The van der Waals surface area contributed by atoms with Crippen molar-refractivity contribution in [2.45, 2.75) is 52.0 Å². The summed E-state index contributed by atoms with van der Waals surface area (Å²) >= 11 is 0. The molecule has 1 amide bonds. The minimum atomic E-state index is 0.0537. The summed E-state index contributed by atoms with van der Waals surface area (Å²) in [7, 11) is 0. The van der Waals surface area contributed by atoms with E-state index in [2.05, 4.69) is 10.3 Å². The fourth-order valence-corrected chi connectivity index (χ4v) is 2.03. The fourth-order valence-electron chi connectivity index (χ4n) is 2.03. The van der Waals surface area contributed by atoms with Gasteiger partial charge in [-0.2, -0.15) is 0 Å². The molecule has 0 heterocycles. The molecule has 0 atom stereocenters. The van der Waals surface area contributed by atoms with Crippen molar-refractivity contribution >= 4 is 11.7 Å². The van der Waals surface area contributed by atoms with Gasteiger partial charge in [0.15, 0.2) is 0 Å². The number of nitrogens with zero attached hydrogens (tertiary/aromatic N) is 1. The molecule has 1 aliphatic rings. The van der Waals surface area contributed by atoms with E-state index >= 15 is 0 Å². The first kappa shape index (κ1) is 13.0. The minimum absolute atomic E-state index is 0.0537. The topological polar surface area (TPSA) is 67.5 Å². The molecule has 0 aromatic rings. The second-order valence-corrected chi connectivity index (χ2v) is 4.76. The van der Waals surface area contributed by atoms with Crippen molar-refractivity contribution in [3.63, 3.8) is 0 Å². The predicted octanol–water partition coefficient (Wildman–Crippen LogP) is 1.45. The van der Waals surface area contributed by atoms with Crippen LogP contribution < -0.4 is 11.1 Å². The minimum Gasteiger partial charge on any atom is -0.387 e. The van der Waals surface area contributed by atoms with Gasteiger partial charge in [-0.1, -0.05) is 12.8 Å². The van der Waals surface area contributed by atoms with Crippen molar-refractivity contribution in [3.8, 4) is 0 Å². The Hall–Kier alpha value is -1.06. The zero-order valence-electron chi connectivity index (χ0n) is 10.3. The zero-order chi connectivity index (χ0) is 12.0. The van der Waals surface area contributed by atoms with Gasteiger partial charge < -0.3 is 11.1 Å². The van der Waals surface area contributed by atoms with Gasteiger partial charge in [-0.05, 0) is 26.7 Å².